The first-order chi connectivity index (χ1) is 12.9. The van der Waals surface area contributed by atoms with Gasteiger partial charge in [-0.05, 0) is 30.0 Å². The fourth-order valence-corrected chi connectivity index (χ4v) is 3.46. The molecule has 140 valence electrons. The Morgan fingerprint density at radius 1 is 1.26 bits per heavy atom. The molecule has 2 heterocycles. The van der Waals surface area contributed by atoms with Crippen LogP contribution in [0.5, 0.6) is 0 Å². The monoisotopic (exact) mass is 364 g/mol. The molecule has 1 N–H and O–H groups in total. The maximum Gasteiger partial charge on any atom is 0.290 e. The summed E-state index contributed by atoms with van der Waals surface area (Å²) in [5.74, 6) is -0.997. The van der Waals surface area contributed by atoms with Crippen LogP contribution in [0.25, 0.3) is 0 Å². The van der Waals surface area contributed by atoms with E-state index >= 15 is 0 Å². The van der Waals surface area contributed by atoms with Crippen LogP contribution >= 0.6 is 0 Å². The smallest absolute Gasteiger partial charge is 0.290 e. The van der Waals surface area contributed by atoms with Crippen molar-refractivity contribution in [3.05, 3.63) is 76.8 Å². The highest BCUT2D eigenvalue weighted by molar-refractivity contribution is 6.09. The van der Waals surface area contributed by atoms with E-state index in [0.717, 1.165) is 16.7 Å². The molecule has 2 aromatic rings. The van der Waals surface area contributed by atoms with E-state index in [-0.39, 0.29) is 30.2 Å². The molecule has 0 bridgehead atoms. The third-order valence-electron chi connectivity index (χ3n) is 4.63. The van der Waals surface area contributed by atoms with Crippen molar-refractivity contribution in [3.63, 3.8) is 0 Å². The first-order valence-corrected chi connectivity index (χ1v) is 9.11. The van der Waals surface area contributed by atoms with Crippen LogP contribution < -0.4 is 0 Å². The predicted molar refractivity (Wildman–Crippen MR) is 103 cm³/mol. The van der Waals surface area contributed by atoms with Gasteiger partial charge in [0.15, 0.2) is 11.5 Å². The SMILES string of the molecule is Cc1cccc(C2C(C(=O)CC(C)C)=C(O)C(=O)N2Cc2cccnc2)c1. The number of pyridine rings is 1. The lowest BCUT2D eigenvalue weighted by atomic mass is 9.91. The second-order valence-corrected chi connectivity index (χ2v) is 7.39. The van der Waals surface area contributed by atoms with Crippen molar-refractivity contribution in [2.45, 2.75) is 39.8 Å². The summed E-state index contributed by atoms with van der Waals surface area (Å²) in [4.78, 5) is 31.3. The van der Waals surface area contributed by atoms with Crippen LogP contribution in [-0.4, -0.2) is 26.7 Å². The molecule has 5 heteroatoms. The Morgan fingerprint density at radius 3 is 2.67 bits per heavy atom. The van der Waals surface area contributed by atoms with Gasteiger partial charge in [-0.15, -0.1) is 0 Å². The van der Waals surface area contributed by atoms with Gasteiger partial charge in [0.25, 0.3) is 5.91 Å². The minimum atomic E-state index is -0.594. The van der Waals surface area contributed by atoms with Crippen molar-refractivity contribution in [1.82, 2.24) is 9.88 Å². The Morgan fingerprint density at radius 2 is 2.04 bits per heavy atom. The minimum absolute atomic E-state index is 0.137. The van der Waals surface area contributed by atoms with E-state index in [4.69, 9.17) is 0 Å². The number of benzene rings is 1. The highest BCUT2D eigenvalue weighted by Crippen LogP contribution is 2.39. The van der Waals surface area contributed by atoms with Crippen LogP contribution in [-0.2, 0) is 16.1 Å². The van der Waals surface area contributed by atoms with Gasteiger partial charge in [0.05, 0.1) is 11.6 Å². The Labute approximate surface area is 159 Å². The van der Waals surface area contributed by atoms with E-state index in [1.807, 2.05) is 51.1 Å². The number of aromatic nitrogens is 1. The number of hydrogen-bond donors (Lipinski definition) is 1. The van der Waals surface area contributed by atoms with E-state index in [1.54, 1.807) is 23.4 Å². The molecule has 1 aromatic carbocycles. The van der Waals surface area contributed by atoms with Gasteiger partial charge >= 0.3 is 0 Å². The molecule has 1 aliphatic rings. The standard InChI is InChI=1S/C22H24N2O3/c1-14(2)10-18(25)19-20(17-8-4-6-15(3)11-17)24(22(27)21(19)26)13-16-7-5-9-23-12-16/h4-9,11-12,14,20,26H,10,13H2,1-3H3. The number of aliphatic hydroxyl groups excluding tert-OH is 1. The van der Waals surface area contributed by atoms with Gasteiger partial charge in [-0.1, -0.05) is 49.7 Å². The average Bonchev–Trinajstić information content (AvgIpc) is 2.87. The van der Waals surface area contributed by atoms with Gasteiger partial charge in [-0.3, -0.25) is 14.6 Å². The quantitative estimate of drug-likeness (QED) is 0.844. The van der Waals surface area contributed by atoms with E-state index in [0.29, 0.717) is 0 Å². The Balaban J connectivity index is 2.05. The molecule has 1 atom stereocenters. The summed E-state index contributed by atoms with van der Waals surface area (Å²) in [6, 6.07) is 10.8. The fourth-order valence-electron chi connectivity index (χ4n) is 3.46. The summed E-state index contributed by atoms with van der Waals surface area (Å²) < 4.78 is 0. The lowest BCUT2D eigenvalue weighted by Gasteiger charge is -2.27. The van der Waals surface area contributed by atoms with Crippen LogP contribution in [0, 0.1) is 12.8 Å². The van der Waals surface area contributed by atoms with Crippen molar-refractivity contribution >= 4 is 11.7 Å². The molecule has 0 aliphatic carbocycles. The maximum atomic E-state index is 12.9. The van der Waals surface area contributed by atoms with Crippen LogP contribution in [0.3, 0.4) is 0 Å². The number of carbonyl (C=O) groups is 2. The molecule has 1 unspecified atom stereocenters. The third kappa shape index (κ3) is 3.92. The van der Waals surface area contributed by atoms with Gasteiger partial charge in [0, 0.05) is 25.4 Å². The predicted octanol–water partition coefficient (Wildman–Crippen LogP) is 3.90. The topological polar surface area (TPSA) is 70.5 Å². The fraction of sp³-hybridized carbons (Fsp3) is 0.318. The lowest BCUT2D eigenvalue weighted by molar-refractivity contribution is -0.130. The van der Waals surface area contributed by atoms with Crippen LogP contribution in [0.1, 0.15) is 43.0 Å². The summed E-state index contributed by atoms with van der Waals surface area (Å²) in [5, 5.41) is 10.5. The number of amides is 1. The summed E-state index contributed by atoms with van der Waals surface area (Å²) in [7, 11) is 0. The highest BCUT2D eigenvalue weighted by Gasteiger charge is 2.43. The van der Waals surface area contributed by atoms with E-state index < -0.39 is 17.7 Å². The number of carbonyl (C=O) groups excluding carboxylic acids is 2. The first-order valence-electron chi connectivity index (χ1n) is 9.11. The van der Waals surface area contributed by atoms with Crippen LogP contribution in [0.4, 0.5) is 0 Å². The molecule has 0 fully saturated rings. The molecule has 5 nitrogen and oxygen atoms in total. The lowest BCUT2D eigenvalue weighted by Crippen LogP contribution is -2.30. The Hall–Kier alpha value is -2.95. The minimum Gasteiger partial charge on any atom is -0.503 e. The molecule has 1 aliphatic heterocycles. The van der Waals surface area contributed by atoms with Crippen molar-refractivity contribution in [2.24, 2.45) is 5.92 Å². The number of hydrogen-bond acceptors (Lipinski definition) is 4. The molecule has 3 rings (SSSR count). The van der Waals surface area contributed by atoms with Gasteiger partial charge in [-0.2, -0.15) is 0 Å². The molecule has 1 aromatic heterocycles. The van der Waals surface area contributed by atoms with E-state index in [9.17, 15) is 14.7 Å². The van der Waals surface area contributed by atoms with Crippen LogP contribution in [0.15, 0.2) is 60.1 Å². The first kappa shape index (κ1) is 18.8. The molecular weight excluding hydrogens is 340 g/mol. The third-order valence-corrected chi connectivity index (χ3v) is 4.63. The number of aryl methyl sites for hydroxylation is 1. The highest BCUT2D eigenvalue weighted by atomic mass is 16.3. The second-order valence-electron chi connectivity index (χ2n) is 7.39. The Bertz CT molecular complexity index is 887. The number of nitrogens with zero attached hydrogens (tertiary/aromatic N) is 2. The van der Waals surface area contributed by atoms with Gasteiger partial charge < -0.3 is 10.0 Å². The second kappa shape index (κ2) is 7.74. The van der Waals surface area contributed by atoms with Crippen molar-refractivity contribution < 1.29 is 14.7 Å². The molecule has 0 saturated heterocycles. The zero-order valence-electron chi connectivity index (χ0n) is 15.8. The summed E-state index contributed by atoms with van der Waals surface area (Å²) in [6.45, 7) is 6.13. The number of Topliss-reactive ketones (excluding diaryl/α,β-unsaturated/α-hetero) is 1. The zero-order valence-corrected chi connectivity index (χ0v) is 15.8. The number of ketones is 1. The van der Waals surface area contributed by atoms with Gasteiger partial charge in [0.2, 0.25) is 0 Å². The largest absolute Gasteiger partial charge is 0.503 e. The average molecular weight is 364 g/mol. The summed E-state index contributed by atoms with van der Waals surface area (Å²) in [6.07, 6.45) is 3.64. The van der Waals surface area contributed by atoms with Crippen molar-refractivity contribution in [2.75, 3.05) is 0 Å². The molecule has 0 radical (unpaired) electrons. The normalized spacial score (nSPS) is 17.1. The molecule has 0 saturated carbocycles. The number of rotatable bonds is 6. The molecule has 27 heavy (non-hydrogen) atoms. The van der Waals surface area contributed by atoms with Crippen LogP contribution in [0.2, 0.25) is 0 Å². The number of aliphatic hydroxyl groups is 1. The van der Waals surface area contributed by atoms with Gasteiger partial charge in [0.1, 0.15) is 0 Å². The zero-order chi connectivity index (χ0) is 19.6. The Kier molecular flexibility index (Phi) is 5.40. The van der Waals surface area contributed by atoms with Crippen molar-refractivity contribution in [3.8, 4) is 0 Å². The van der Waals surface area contributed by atoms with Crippen molar-refractivity contribution in [1.29, 1.82) is 0 Å². The molecular formula is C22H24N2O3. The van der Waals surface area contributed by atoms with E-state index in [2.05, 4.69) is 4.98 Å². The van der Waals surface area contributed by atoms with Gasteiger partial charge in [-0.25, -0.2) is 0 Å². The molecule has 1 amide bonds. The van der Waals surface area contributed by atoms with E-state index in [1.165, 1.54) is 0 Å². The summed E-state index contributed by atoms with van der Waals surface area (Å²) in [5.41, 5.74) is 2.89. The molecule has 0 spiro atoms. The summed E-state index contributed by atoms with van der Waals surface area (Å²) >= 11 is 0. The maximum absolute atomic E-state index is 12.9.